The maximum atomic E-state index is 9.89. The van der Waals surface area contributed by atoms with Crippen LogP contribution in [0.1, 0.15) is 65.2 Å². The highest BCUT2D eigenvalue weighted by atomic mass is 16.3. The maximum Gasteiger partial charge on any atom is 0.0616 e. The maximum absolute atomic E-state index is 9.89. The average Bonchev–Trinajstić information content (AvgIpc) is 2.76. The second-order valence-corrected chi connectivity index (χ2v) is 7.27. The third-order valence-electron chi connectivity index (χ3n) is 6.08. The quantitative estimate of drug-likeness (QED) is 0.758. The van der Waals surface area contributed by atoms with Crippen molar-refractivity contribution in [2.45, 2.75) is 70.8 Å². The van der Waals surface area contributed by atoms with Crippen LogP contribution in [0.3, 0.4) is 0 Å². The van der Waals surface area contributed by atoms with Gasteiger partial charge in [-0.15, -0.1) is 0 Å². The summed E-state index contributed by atoms with van der Waals surface area (Å²) in [7, 11) is 0. The minimum absolute atomic E-state index is 0.0204. The SMILES string of the molecule is CCNC1(CO)CCCC1CCN1CCCC(CC)CC1. The second kappa shape index (κ2) is 8.50. The van der Waals surface area contributed by atoms with Crippen molar-refractivity contribution < 1.29 is 5.11 Å². The van der Waals surface area contributed by atoms with Gasteiger partial charge in [0.2, 0.25) is 0 Å². The van der Waals surface area contributed by atoms with Gasteiger partial charge in [0.15, 0.2) is 0 Å². The summed E-state index contributed by atoms with van der Waals surface area (Å²) < 4.78 is 0. The van der Waals surface area contributed by atoms with Crippen LogP contribution in [-0.4, -0.2) is 48.3 Å². The number of likely N-dealkylation sites (tertiary alicyclic amines) is 1. The van der Waals surface area contributed by atoms with Gasteiger partial charge in [-0.25, -0.2) is 0 Å². The zero-order chi connectivity index (χ0) is 15.1. The molecule has 1 aliphatic carbocycles. The lowest BCUT2D eigenvalue weighted by Crippen LogP contribution is -2.52. The van der Waals surface area contributed by atoms with Crippen molar-refractivity contribution in [1.29, 1.82) is 0 Å². The number of aliphatic hydroxyl groups excluding tert-OH is 1. The molecule has 0 spiro atoms. The molecule has 2 aliphatic rings. The fourth-order valence-electron chi connectivity index (χ4n) is 4.61. The summed E-state index contributed by atoms with van der Waals surface area (Å²) in [6.45, 7) is 9.59. The minimum Gasteiger partial charge on any atom is -0.394 e. The summed E-state index contributed by atoms with van der Waals surface area (Å²) >= 11 is 0. The Hall–Kier alpha value is -0.120. The van der Waals surface area contributed by atoms with Crippen LogP contribution in [0.25, 0.3) is 0 Å². The molecule has 2 N–H and O–H groups in total. The molecule has 0 radical (unpaired) electrons. The highest BCUT2D eigenvalue weighted by Crippen LogP contribution is 2.38. The van der Waals surface area contributed by atoms with E-state index in [-0.39, 0.29) is 5.54 Å². The van der Waals surface area contributed by atoms with E-state index >= 15 is 0 Å². The van der Waals surface area contributed by atoms with Crippen LogP contribution in [0.15, 0.2) is 0 Å². The lowest BCUT2D eigenvalue weighted by atomic mass is 9.85. The first-order chi connectivity index (χ1) is 10.2. The molecular weight excluding hydrogens is 260 g/mol. The van der Waals surface area contributed by atoms with Crippen LogP contribution in [-0.2, 0) is 0 Å². The van der Waals surface area contributed by atoms with Gasteiger partial charge in [-0.3, -0.25) is 0 Å². The molecule has 3 heteroatoms. The molecule has 0 amide bonds. The highest BCUT2D eigenvalue weighted by molar-refractivity contribution is 4.99. The summed E-state index contributed by atoms with van der Waals surface area (Å²) in [4.78, 5) is 2.68. The molecule has 3 unspecified atom stereocenters. The molecule has 0 bridgehead atoms. The van der Waals surface area contributed by atoms with Gasteiger partial charge in [-0.2, -0.15) is 0 Å². The topological polar surface area (TPSA) is 35.5 Å². The number of hydrogen-bond acceptors (Lipinski definition) is 3. The molecule has 2 rings (SSSR count). The molecule has 3 atom stereocenters. The molecular formula is C18H36N2O. The van der Waals surface area contributed by atoms with Crippen LogP contribution >= 0.6 is 0 Å². The van der Waals surface area contributed by atoms with Crippen molar-refractivity contribution in [3.8, 4) is 0 Å². The Balaban J connectivity index is 1.81. The Morgan fingerprint density at radius 2 is 2.00 bits per heavy atom. The van der Waals surface area contributed by atoms with E-state index in [1.54, 1.807) is 0 Å². The Bertz CT molecular complexity index is 297. The van der Waals surface area contributed by atoms with E-state index in [0.29, 0.717) is 12.5 Å². The molecule has 3 nitrogen and oxygen atoms in total. The molecule has 1 heterocycles. The minimum atomic E-state index is 0.0204. The molecule has 0 aromatic heterocycles. The van der Waals surface area contributed by atoms with Crippen molar-refractivity contribution in [2.75, 3.05) is 32.8 Å². The molecule has 2 fully saturated rings. The summed E-state index contributed by atoms with van der Waals surface area (Å²) in [5.41, 5.74) is 0.0204. The van der Waals surface area contributed by atoms with Crippen LogP contribution in [0, 0.1) is 11.8 Å². The van der Waals surface area contributed by atoms with Gasteiger partial charge in [0.1, 0.15) is 0 Å². The largest absolute Gasteiger partial charge is 0.394 e. The standard InChI is InChI=1S/C18H36N2O/c1-3-16-7-6-12-20(13-9-16)14-10-17-8-5-11-18(17,15-21)19-4-2/h16-17,19,21H,3-15H2,1-2H3. The fraction of sp³-hybridized carbons (Fsp3) is 1.00. The number of nitrogens with zero attached hydrogens (tertiary/aromatic N) is 1. The van der Waals surface area contributed by atoms with E-state index < -0.39 is 0 Å². The van der Waals surface area contributed by atoms with E-state index in [9.17, 15) is 5.11 Å². The van der Waals surface area contributed by atoms with Crippen LogP contribution in [0.2, 0.25) is 0 Å². The third-order valence-corrected chi connectivity index (χ3v) is 6.08. The van der Waals surface area contributed by atoms with Gasteiger partial charge in [-0.05, 0) is 76.5 Å². The first-order valence-corrected chi connectivity index (χ1v) is 9.32. The summed E-state index contributed by atoms with van der Waals surface area (Å²) in [5.74, 6) is 1.62. The zero-order valence-electron chi connectivity index (χ0n) is 14.2. The smallest absolute Gasteiger partial charge is 0.0616 e. The van der Waals surface area contributed by atoms with E-state index in [2.05, 4.69) is 24.1 Å². The van der Waals surface area contributed by atoms with Crippen LogP contribution < -0.4 is 5.32 Å². The Kier molecular flexibility index (Phi) is 6.97. The number of likely N-dealkylation sites (N-methyl/N-ethyl adjacent to an activating group) is 1. The van der Waals surface area contributed by atoms with Crippen molar-refractivity contribution in [3.05, 3.63) is 0 Å². The van der Waals surface area contributed by atoms with E-state index in [0.717, 1.165) is 18.9 Å². The van der Waals surface area contributed by atoms with Crippen LogP contribution in [0.5, 0.6) is 0 Å². The van der Waals surface area contributed by atoms with Gasteiger partial charge in [0.25, 0.3) is 0 Å². The average molecular weight is 296 g/mol. The number of hydrogen-bond donors (Lipinski definition) is 2. The molecule has 1 aliphatic heterocycles. The van der Waals surface area contributed by atoms with Gasteiger partial charge in [0, 0.05) is 5.54 Å². The van der Waals surface area contributed by atoms with Gasteiger partial charge >= 0.3 is 0 Å². The number of aliphatic hydroxyl groups is 1. The predicted molar refractivity (Wildman–Crippen MR) is 89.5 cm³/mol. The Labute approximate surface area is 131 Å². The van der Waals surface area contributed by atoms with Gasteiger partial charge in [0.05, 0.1) is 6.61 Å². The lowest BCUT2D eigenvalue weighted by molar-refractivity contribution is 0.113. The van der Waals surface area contributed by atoms with E-state index in [1.165, 1.54) is 64.6 Å². The van der Waals surface area contributed by atoms with Crippen molar-refractivity contribution in [2.24, 2.45) is 11.8 Å². The fourth-order valence-corrected chi connectivity index (χ4v) is 4.61. The molecule has 0 aromatic carbocycles. The highest BCUT2D eigenvalue weighted by Gasteiger charge is 2.41. The first kappa shape index (κ1) is 17.2. The summed E-state index contributed by atoms with van der Waals surface area (Å²) in [5, 5.41) is 13.5. The summed E-state index contributed by atoms with van der Waals surface area (Å²) in [6.07, 6.45) is 10.5. The molecule has 0 aromatic rings. The second-order valence-electron chi connectivity index (χ2n) is 7.27. The van der Waals surface area contributed by atoms with Crippen molar-refractivity contribution >= 4 is 0 Å². The van der Waals surface area contributed by atoms with Crippen LogP contribution in [0.4, 0.5) is 0 Å². The molecule has 21 heavy (non-hydrogen) atoms. The monoisotopic (exact) mass is 296 g/mol. The zero-order valence-corrected chi connectivity index (χ0v) is 14.2. The van der Waals surface area contributed by atoms with Crippen molar-refractivity contribution in [3.63, 3.8) is 0 Å². The number of nitrogens with one attached hydrogen (secondary N) is 1. The van der Waals surface area contributed by atoms with Crippen molar-refractivity contribution in [1.82, 2.24) is 10.2 Å². The predicted octanol–water partition coefficient (Wildman–Crippen LogP) is 3.03. The first-order valence-electron chi connectivity index (χ1n) is 9.32. The van der Waals surface area contributed by atoms with E-state index in [1.807, 2.05) is 0 Å². The van der Waals surface area contributed by atoms with E-state index in [4.69, 9.17) is 0 Å². The number of rotatable bonds is 7. The molecule has 124 valence electrons. The molecule has 1 saturated carbocycles. The summed E-state index contributed by atoms with van der Waals surface area (Å²) in [6, 6.07) is 0. The Morgan fingerprint density at radius 1 is 1.14 bits per heavy atom. The molecule has 1 saturated heterocycles. The van der Waals surface area contributed by atoms with Gasteiger partial charge in [-0.1, -0.05) is 26.7 Å². The Morgan fingerprint density at radius 3 is 2.71 bits per heavy atom. The third kappa shape index (κ3) is 4.43. The lowest BCUT2D eigenvalue weighted by Gasteiger charge is -2.36. The normalized spacial score (nSPS) is 35.0. The van der Waals surface area contributed by atoms with Gasteiger partial charge < -0.3 is 15.3 Å².